The fourth-order valence-electron chi connectivity index (χ4n) is 2.55. The van der Waals surface area contributed by atoms with Crippen LogP contribution in [0.5, 0.6) is 0 Å². The summed E-state index contributed by atoms with van der Waals surface area (Å²) in [5.41, 5.74) is 3.91. The molecule has 0 heterocycles. The normalized spacial score (nSPS) is 10.8. The van der Waals surface area contributed by atoms with Gasteiger partial charge in [-0.05, 0) is 34.0 Å². The first-order chi connectivity index (χ1) is 9.88. The Bertz CT molecular complexity index is 693. The van der Waals surface area contributed by atoms with E-state index in [4.69, 9.17) is 0 Å². The Morgan fingerprint density at radius 1 is 0.800 bits per heavy atom. The quantitative estimate of drug-likeness (QED) is 0.722. The van der Waals surface area contributed by atoms with Gasteiger partial charge in [0.2, 0.25) is 0 Å². The van der Waals surface area contributed by atoms with E-state index in [1.807, 2.05) is 0 Å². The summed E-state index contributed by atoms with van der Waals surface area (Å²) in [4.78, 5) is 0. The second-order valence-corrected chi connectivity index (χ2v) is 5.00. The lowest BCUT2D eigenvalue weighted by atomic mass is 9.97. The molecule has 0 bridgehead atoms. The standard InChI is InChI=1S/C19H19N/c1-2-20-14-15-10-12-17(13-11-15)19-9-5-7-16-6-3-4-8-18(16)19/h3-13,20H,2,14H2,1H3. The summed E-state index contributed by atoms with van der Waals surface area (Å²) in [6.45, 7) is 4.07. The summed E-state index contributed by atoms with van der Waals surface area (Å²) in [5, 5.41) is 5.96. The number of nitrogens with one attached hydrogen (secondary N) is 1. The van der Waals surface area contributed by atoms with E-state index in [2.05, 4.69) is 79.0 Å². The summed E-state index contributed by atoms with van der Waals surface area (Å²) < 4.78 is 0. The van der Waals surface area contributed by atoms with Gasteiger partial charge in [-0.3, -0.25) is 0 Å². The highest BCUT2D eigenvalue weighted by molar-refractivity contribution is 5.96. The molecular weight excluding hydrogens is 242 g/mol. The molecule has 1 nitrogen and oxygen atoms in total. The first kappa shape index (κ1) is 12.9. The van der Waals surface area contributed by atoms with Gasteiger partial charge in [0.25, 0.3) is 0 Å². The summed E-state index contributed by atoms with van der Waals surface area (Å²) in [5.74, 6) is 0. The molecule has 0 amide bonds. The summed E-state index contributed by atoms with van der Waals surface area (Å²) in [6.07, 6.45) is 0. The van der Waals surface area contributed by atoms with Crippen molar-refractivity contribution in [3.8, 4) is 11.1 Å². The highest BCUT2D eigenvalue weighted by Gasteiger charge is 2.03. The molecule has 100 valence electrons. The molecule has 20 heavy (non-hydrogen) atoms. The van der Waals surface area contributed by atoms with Gasteiger partial charge < -0.3 is 5.32 Å². The lowest BCUT2D eigenvalue weighted by Crippen LogP contribution is -2.11. The molecule has 0 fully saturated rings. The molecule has 1 N–H and O–H groups in total. The fraction of sp³-hybridized carbons (Fsp3) is 0.158. The monoisotopic (exact) mass is 261 g/mol. The molecule has 0 radical (unpaired) electrons. The van der Waals surface area contributed by atoms with Crippen LogP contribution in [0.4, 0.5) is 0 Å². The van der Waals surface area contributed by atoms with Crippen LogP contribution in [0.2, 0.25) is 0 Å². The molecule has 0 aliphatic heterocycles. The van der Waals surface area contributed by atoms with Crippen LogP contribution < -0.4 is 5.32 Å². The van der Waals surface area contributed by atoms with Gasteiger partial charge in [-0.15, -0.1) is 0 Å². The maximum atomic E-state index is 3.35. The van der Waals surface area contributed by atoms with E-state index in [1.54, 1.807) is 0 Å². The number of hydrogen-bond acceptors (Lipinski definition) is 1. The SMILES string of the molecule is CCNCc1ccc(-c2cccc3ccccc23)cc1. The molecule has 0 aliphatic carbocycles. The molecule has 0 spiro atoms. The molecular formula is C19H19N. The van der Waals surface area contributed by atoms with Crippen LogP contribution in [0.1, 0.15) is 12.5 Å². The third-order valence-corrected chi connectivity index (χ3v) is 3.63. The summed E-state index contributed by atoms with van der Waals surface area (Å²) in [7, 11) is 0. The molecule has 3 aromatic carbocycles. The van der Waals surface area contributed by atoms with E-state index in [1.165, 1.54) is 27.5 Å². The van der Waals surface area contributed by atoms with Crippen molar-refractivity contribution in [3.63, 3.8) is 0 Å². The van der Waals surface area contributed by atoms with Crippen molar-refractivity contribution in [2.75, 3.05) is 6.54 Å². The Labute approximate surface area is 120 Å². The van der Waals surface area contributed by atoms with E-state index < -0.39 is 0 Å². The minimum Gasteiger partial charge on any atom is -0.313 e. The van der Waals surface area contributed by atoms with E-state index in [-0.39, 0.29) is 0 Å². The average molecular weight is 261 g/mol. The lowest BCUT2D eigenvalue weighted by Gasteiger charge is -2.08. The molecule has 3 rings (SSSR count). The third-order valence-electron chi connectivity index (χ3n) is 3.63. The van der Waals surface area contributed by atoms with Crippen molar-refractivity contribution in [1.82, 2.24) is 5.32 Å². The van der Waals surface area contributed by atoms with Gasteiger partial charge in [0.1, 0.15) is 0 Å². The minimum atomic E-state index is 0.937. The molecule has 0 saturated carbocycles. The number of benzene rings is 3. The number of fused-ring (bicyclic) bond motifs is 1. The smallest absolute Gasteiger partial charge is 0.0205 e. The van der Waals surface area contributed by atoms with E-state index in [0.29, 0.717) is 0 Å². The molecule has 0 aromatic heterocycles. The Balaban J connectivity index is 1.98. The number of rotatable bonds is 4. The summed E-state index contributed by atoms with van der Waals surface area (Å²) in [6, 6.07) is 23.9. The summed E-state index contributed by atoms with van der Waals surface area (Å²) >= 11 is 0. The Morgan fingerprint density at radius 2 is 1.55 bits per heavy atom. The maximum absolute atomic E-state index is 3.35. The van der Waals surface area contributed by atoms with Crippen LogP contribution in [0.3, 0.4) is 0 Å². The van der Waals surface area contributed by atoms with Crippen LogP contribution in [0.15, 0.2) is 66.7 Å². The van der Waals surface area contributed by atoms with Crippen LogP contribution in [0.25, 0.3) is 21.9 Å². The van der Waals surface area contributed by atoms with Crippen LogP contribution in [-0.2, 0) is 6.54 Å². The van der Waals surface area contributed by atoms with E-state index in [0.717, 1.165) is 13.1 Å². The Kier molecular flexibility index (Phi) is 3.80. The van der Waals surface area contributed by atoms with Crippen LogP contribution in [0, 0.1) is 0 Å². The lowest BCUT2D eigenvalue weighted by molar-refractivity contribution is 0.727. The zero-order valence-corrected chi connectivity index (χ0v) is 11.8. The molecule has 0 saturated heterocycles. The van der Waals surface area contributed by atoms with E-state index >= 15 is 0 Å². The van der Waals surface area contributed by atoms with Gasteiger partial charge in [0.05, 0.1) is 0 Å². The van der Waals surface area contributed by atoms with Gasteiger partial charge in [0.15, 0.2) is 0 Å². The van der Waals surface area contributed by atoms with Gasteiger partial charge >= 0.3 is 0 Å². The molecule has 3 aromatic rings. The van der Waals surface area contributed by atoms with Crippen molar-refractivity contribution in [2.24, 2.45) is 0 Å². The van der Waals surface area contributed by atoms with Crippen molar-refractivity contribution >= 4 is 10.8 Å². The average Bonchev–Trinajstić information content (AvgIpc) is 2.53. The third kappa shape index (κ3) is 2.59. The van der Waals surface area contributed by atoms with Crippen molar-refractivity contribution < 1.29 is 0 Å². The van der Waals surface area contributed by atoms with Gasteiger partial charge in [-0.25, -0.2) is 0 Å². The predicted octanol–water partition coefficient (Wildman–Crippen LogP) is 4.62. The second kappa shape index (κ2) is 5.89. The Hall–Kier alpha value is -2.12. The van der Waals surface area contributed by atoms with Crippen molar-refractivity contribution in [1.29, 1.82) is 0 Å². The fourth-order valence-corrected chi connectivity index (χ4v) is 2.55. The minimum absolute atomic E-state index is 0.937. The molecule has 0 unspecified atom stereocenters. The highest BCUT2D eigenvalue weighted by Crippen LogP contribution is 2.28. The predicted molar refractivity (Wildman–Crippen MR) is 86.8 cm³/mol. The Morgan fingerprint density at radius 3 is 2.35 bits per heavy atom. The zero-order valence-electron chi connectivity index (χ0n) is 11.8. The molecule has 0 atom stereocenters. The zero-order chi connectivity index (χ0) is 13.8. The van der Waals surface area contributed by atoms with Gasteiger partial charge in [-0.2, -0.15) is 0 Å². The van der Waals surface area contributed by atoms with Gasteiger partial charge in [0, 0.05) is 6.54 Å². The van der Waals surface area contributed by atoms with Gasteiger partial charge in [-0.1, -0.05) is 73.7 Å². The second-order valence-electron chi connectivity index (χ2n) is 5.00. The largest absolute Gasteiger partial charge is 0.313 e. The van der Waals surface area contributed by atoms with Crippen molar-refractivity contribution in [2.45, 2.75) is 13.5 Å². The first-order valence-electron chi connectivity index (χ1n) is 7.16. The van der Waals surface area contributed by atoms with Crippen LogP contribution >= 0.6 is 0 Å². The molecule has 0 aliphatic rings. The maximum Gasteiger partial charge on any atom is 0.0205 e. The highest BCUT2D eigenvalue weighted by atomic mass is 14.8. The number of hydrogen-bond donors (Lipinski definition) is 1. The van der Waals surface area contributed by atoms with Crippen LogP contribution in [-0.4, -0.2) is 6.54 Å². The molecule has 1 heteroatoms. The first-order valence-corrected chi connectivity index (χ1v) is 7.16. The van der Waals surface area contributed by atoms with E-state index in [9.17, 15) is 0 Å². The topological polar surface area (TPSA) is 12.0 Å². The van der Waals surface area contributed by atoms with Crippen molar-refractivity contribution in [3.05, 3.63) is 72.3 Å².